The summed E-state index contributed by atoms with van der Waals surface area (Å²) in [5.41, 5.74) is -1.00. The highest BCUT2D eigenvalue weighted by Gasteiger charge is 2.61. The predicted octanol–water partition coefficient (Wildman–Crippen LogP) is 4.85. The molecule has 0 saturated heterocycles. The minimum atomic E-state index is -1.36. The molecule has 0 bridgehead atoms. The normalized spacial score (nSPS) is 21.6. The summed E-state index contributed by atoms with van der Waals surface area (Å²) in [5, 5.41) is 8.23. The molecule has 0 N–H and O–H groups in total. The molecular formula is C18H17ClF3NO2. The van der Waals surface area contributed by atoms with Crippen molar-refractivity contribution in [1.29, 1.82) is 5.26 Å². The van der Waals surface area contributed by atoms with Crippen LogP contribution in [0.15, 0.2) is 11.6 Å². The molecule has 0 aliphatic heterocycles. The van der Waals surface area contributed by atoms with E-state index in [-0.39, 0.29) is 5.92 Å². The fourth-order valence-corrected chi connectivity index (χ4v) is 3.17. The number of carbonyl (C=O) groups is 1. The van der Waals surface area contributed by atoms with E-state index < -0.39 is 57.5 Å². The van der Waals surface area contributed by atoms with Crippen LogP contribution in [0.3, 0.4) is 0 Å². The maximum Gasteiger partial charge on any atom is 0.310 e. The molecule has 1 aliphatic carbocycles. The predicted molar refractivity (Wildman–Crippen MR) is 86.0 cm³/mol. The topological polar surface area (TPSA) is 50.1 Å². The number of allylic oxidation sites excluding steroid dienone is 2. The number of hydrogen-bond donors (Lipinski definition) is 0. The maximum atomic E-state index is 14.0. The van der Waals surface area contributed by atoms with Crippen molar-refractivity contribution in [2.24, 2.45) is 17.3 Å². The lowest BCUT2D eigenvalue weighted by Crippen LogP contribution is -2.13. The van der Waals surface area contributed by atoms with Gasteiger partial charge in [-0.05, 0) is 25.2 Å². The van der Waals surface area contributed by atoms with Gasteiger partial charge in [0.1, 0.15) is 12.4 Å². The van der Waals surface area contributed by atoms with Crippen molar-refractivity contribution < 1.29 is 22.7 Å². The van der Waals surface area contributed by atoms with Crippen LogP contribution >= 0.6 is 11.6 Å². The molecule has 1 saturated carbocycles. The molecule has 0 aromatic heterocycles. The fraction of sp³-hybridized carbons (Fsp3) is 0.444. The van der Waals surface area contributed by atoms with Crippen molar-refractivity contribution in [3.8, 4) is 6.07 Å². The highest BCUT2D eigenvalue weighted by Crippen LogP contribution is 2.59. The number of ether oxygens (including phenoxy) is 1. The standard InChI is InChI=1S/C18H17ClF3NO2/c1-8(6-23)5-11-12(18(11,3)4)17(24)25-7-10-13(19)14(20)9(2)15(21)16(10)22/h5,11-12H,7H2,1-4H3/b8-5-/t11-,12+/m1/s1. The number of rotatable bonds is 4. The van der Waals surface area contributed by atoms with E-state index in [9.17, 15) is 18.0 Å². The van der Waals surface area contributed by atoms with Crippen LogP contribution in [-0.4, -0.2) is 5.97 Å². The number of carbonyl (C=O) groups excluding carboxylic acids is 1. The van der Waals surface area contributed by atoms with Gasteiger partial charge in [-0.2, -0.15) is 5.26 Å². The average molecular weight is 372 g/mol. The van der Waals surface area contributed by atoms with Gasteiger partial charge in [-0.25, -0.2) is 13.2 Å². The molecule has 1 fully saturated rings. The lowest BCUT2D eigenvalue weighted by Gasteiger charge is -2.11. The Balaban J connectivity index is 2.16. The van der Waals surface area contributed by atoms with E-state index in [1.807, 2.05) is 19.9 Å². The molecule has 7 heteroatoms. The van der Waals surface area contributed by atoms with Gasteiger partial charge in [0.25, 0.3) is 0 Å². The molecule has 1 aliphatic rings. The fourth-order valence-electron chi connectivity index (χ4n) is 2.89. The summed E-state index contributed by atoms with van der Waals surface area (Å²) in [6, 6.07) is 1.98. The van der Waals surface area contributed by atoms with Gasteiger partial charge >= 0.3 is 5.97 Å². The number of hydrogen-bond acceptors (Lipinski definition) is 3. The molecule has 1 aromatic rings. The Morgan fingerprint density at radius 3 is 2.48 bits per heavy atom. The zero-order valence-electron chi connectivity index (χ0n) is 14.2. The Morgan fingerprint density at radius 1 is 1.32 bits per heavy atom. The van der Waals surface area contributed by atoms with Crippen molar-refractivity contribution in [2.45, 2.75) is 34.3 Å². The van der Waals surface area contributed by atoms with E-state index in [2.05, 4.69) is 0 Å². The summed E-state index contributed by atoms with van der Waals surface area (Å²) in [5.74, 6) is -5.10. The molecule has 3 nitrogen and oxygen atoms in total. The Morgan fingerprint density at radius 2 is 1.92 bits per heavy atom. The number of nitriles is 1. The van der Waals surface area contributed by atoms with Crippen LogP contribution < -0.4 is 0 Å². The quantitative estimate of drug-likeness (QED) is 0.432. The second kappa shape index (κ2) is 6.72. The number of benzene rings is 1. The van der Waals surface area contributed by atoms with E-state index >= 15 is 0 Å². The lowest BCUT2D eigenvalue weighted by molar-refractivity contribution is -0.147. The van der Waals surface area contributed by atoms with Crippen molar-refractivity contribution in [3.05, 3.63) is 45.3 Å². The van der Waals surface area contributed by atoms with E-state index in [1.165, 1.54) is 0 Å². The van der Waals surface area contributed by atoms with E-state index in [4.69, 9.17) is 21.6 Å². The van der Waals surface area contributed by atoms with Gasteiger partial charge in [0.05, 0.1) is 17.0 Å². The second-order valence-corrected chi connectivity index (χ2v) is 7.13. The molecule has 0 unspecified atom stereocenters. The molecule has 0 spiro atoms. The first-order valence-electron chi connectivity index (χ1n) is 7.60. The molecule has 0 radical (unpaired) electrons. The molecule has 0 amide bonds. The average Bonchev–Trinajstić information content (AvgIpc) is 3.10. The van der Waals surface area contributed by atoms with E-state index in [0.29, 0.717) is 5.57 Å². The highest BCUT2D eigenvalue weighted by atomic mass is 35.5. The van der Waals surface area contributed by atoms with Crippen molar-refractivity contribution >= 4 is 17.6 Å². The summed E-state index contributed by atoms with van der Waals surface area (Å²) in [6.07, 6.45) is 1.69. The van der Waals surface area contributed by atoms with Crippen molar-refractivity contribution in [2.75, 3.05) is 0 Å². The summed E-state index contributed by atoms with van der Waals surface area (Å²) in [7, 11) is 0. The largest absolute Gasteiger partial charge is 0.460 e. The zero-order valence-corrected chi connectivity index (χ0v) is 15.0. The Bertz CT molecular complexity index is 783. The van der Waals surface area contributed by atoms with Crippen LogP contribution in [0.5, 0.6) is 0 Å². The SMILES string of the molecule is C/C(C#N)=C/[C@@H]1[C@@H](C(=O)OCc2c(F)c(F)c(C)c(F)c2Cl)C1(C)C. The van der Waals surface area contributed by atoms with Crippen LogP contribution in [-0.2, 0) is 16.1 Å². The molecule has 25 heavy (non-hydrogen) atoms. The zero-order chi connectivity index (χ0) is 19.1. The third-order valence-corrected chi connectivity index (χ3v) is 5.10. The Labute approximate surface area is 149 Å². The minimum Gasteiger partial charge on any atom is -0.460 e. The first kappa shape index (κ1) is 19.3. The van der Waals surface area contributed by atoms with E-state index in [0.717, 1.165) is 6.92 Å². The smallest absolute Gasteiger partial charge is 0.310 e. The van der Waals surface area contributed by atoms with Crippen LogP contribution in [0.4, 0.5) is 13.2 Å². The first-order valence-corrected chi connectivity index (χ1v) is 7.98. The number of esters is 1. The summed E-state index contributed by atoms with van der Waals surface area (Å²) in [6.45, 7) is 5.70. The molecular weight excluding hydrogens is 355 g/mol. The van der Waals surface area contributed by atoms with Gasteiger partial charge in [-0.15, -0.1) is 0 Å². The van der Waals surface area contributed by atoms with Crippen LogP contribution in [0.25, 0.3) is 0 Å². The Hall–Kier alpha value is -2.00. The number of nitrogens with zero attached hydrogens (tertiary/aromatic N) is 1. The molecule has 2 rings (SSSR count). The van der Waals surface area contributed by atoms with E-state index in [1.54, 1.807) is 13.0 Å². The van der Waals surface area contributed by atoms with Gasteiger partial charge in [-0.1, -0.05) is 31.5 Å². The third kappa shape index (κ3) is 3.38. The second-order valence-electron chi connectivity index (χ2n) is 6.75. The van der Waals surface area contributed by atoms with Gasteiger partial charge in [0.15, 0.2) is 11.6 Å². The van der Waals surface area contributed by atoms with Crippen LogP contribution in [0.2, 0.25) is 5.02 Å². The third-order valence-electron chi connectivity index (χ3n) is 4.70. The number of halogens is 4. The van der Waals surface area contributed by atoms with Crippen LogP contribution in [0.1, 0.15) is 31.9 Å². The molecule has 134 valence electrons. The summed E-state index contributed by atoms with van der Waals surface area (Å²) >= 11 is 5.71. The van der Waals surface area contributed by atoms with Gasteiger partial charge < -0.3 is 4.74 Å². The molecule has 0 heterocycles. The minimum absolute atomic E-state index is 0.188. The monoisotopic (exact) mass is 371 g/mol. The summed E-state index contributed by atoms with van der Waals surface area (Å²) in [4.78, 5) is 12.2. The summed E-state index contributed by atoms with van der Waals surface area (Å²) < 4.78 is 46.4. The molecule has 2 atom stereocenters. The van der Waals surface area contributed by atoms with Gasteiger partial charge in [0.2, 0.25) is 0 Å². The van der Waals surface area contributed by atoms with Crippen molar-refractivity contribution in [3.63, 3.8) is 0 Å². The first-order chi connectivity index (χ1) is 11.5. The maximum absolute atomic E-state index is 14.0. The van der Waals surface area contributed by atoms with Crippen molar-refractivity contribution in [1.82, 2.24) is 0 Å². The Kier molecular flexibility index (Phi) is 5.19. The molecule has 1 aromatic carbocycles. The van der Waals surface area contributed by atoms with Gasteiger partial charge in [-0.3, -0.25) is 4.79 Å². The van der Waals surface area contributed by atoms with Gasteiger partial charge in [0, 0.05) is 16.7 Å². The lowest BCUT2D eigenvalue weighted by atomic mass is 10.1. The highest BCUT2D eigenvalue weighted by molar-refractivity contribution is 6.31. The van der Waals surface area contributed by atoms with Crippen LogP contribution in [0, 0.1) is 53.0 Å².